The summed E-state index contributed by atoms with van der Waals surface area (Å²) in [6.07, 6.45) is 1.83. The lowest BCUT2D eigenvalue weighted by molar-refractivity contribution is 0.182. The van der Waals surface area contributed by atoms with Gasteiger partial charge in [-0.1, -0.05) is 59.8 Å². The molecule has 0 spiro atoms. The van der Waals surface area contributed by atoms with E-state index in [0.717, 1.165) is 31.6 Å². The molecule has 0 aromatic heterocycles. The number of rotatable bonds is 4. The average molecular weight is 294 g/mol. The van der Waals surface area contributed by atoms with Gasteiger partial charge in [0, 0.05) is 25.6 Å². The quantitative estimate of drug-likeness (QED) is 0.525. The predicted octanol–water partition coefficient (Wildman–Crippen LogP) is 4.03. The van der Waals surface area contributed by atoms with Crippen LogP contribution < -0.4 is 0 Å². The fourth-order valence-corrected chi connectivity index (χ4v) is 3.24. The first kappa shape index (κ1) is 14.8. The summed E-state index contributed by atoms with van der Waals surface area (Å²) in [4.78, 5) is 2.49. The fraction of sp³-hybridized carbons (Fsp3) is 0.316. The molecule has 1 aliphatic heterocycles. The molecule has 0 aliphatic carbocycles. The topological polar surface area (TPSA) is 35.8 Å². The molecule has 0 fully saturated rings. The first-order valence-electron chi connectivity index (χ1n) is 7.81. The first-order valence-corrected chi connectivity index (χ1v) is 7.81. The monoisotopic (exact) mass is 294 g/mol. The Kier molecular flexibility index (Phi) is 4.54. The Hall–Kier alpha value is -2.13. The number of fused-ring (bicyclic) bond motifs is 1. The summed E-state index contributed by atoms with van der Waals surface area (Å²) in [5, 5.41) is 12.4. The number of hydrogen-bond acceptors (Lipinski definition) is 3. The van der Waals surface area contributed by atoms with Gasteiger partial charge >= 0.3 is 0 Å². The van der Waals surface area contributed by atoms with Crippen LogP contribution in [-0.4, -0.2) is 22.4 Å². The molecule has 1 aliphatic rings. The SMILES string of the molecule is C/C(C[C@H](c1ccccc1)N1CCc2ccccc2C1)=N\O. The number of hydrogen-bond donors (Lipinski definition) is 1. The highest BCUT2D eigenvalue weighted by Gasteiger charge is 2.25. The van der Waals surface area contributed by atoms with Crippen molar-refractivity contribution in [3.05, 3.63) is 71.3 Å². The molecule has 0 saturated carbocycles. The minimum atomic E-state index is 0.255. The molecule has 3 heteroatoms. The van der Waals surface area contributed by atoms with E-state index >= 15 is 0 Å². The van der Waals surface area contributed by atoms with Crippen molar-refractivity contribution in [2.75, 3.05) is 6.54 Å². The molecule has 3 nitrogen and oxygen atoms in total. The maximum absolute atomic E-state index is 9.06. The van der Waals surface area contributed by atoms with Gasteiger partial charge in [-0.25, -0.2) is 0 Å². The van der Waals surface area contributed by atoms with E-state index in [9.17, 15) is 0 Å². The lowest BCUT2D eigenvalue weighted by atomic mass is 9.94. The molecular formula is C19H22N2O. The molecule has 114 valence electrons. The summed E-state index contributed by atoms with van der Waals surface area (Å²) in [5.74, 6) is 0. The number of oxime groups is 1. The van der Waals surface area contributed by atoms with Gasteiger partial charge in [0.05, 0.1) is 5.71 Å². The van der Waals surface area contributed by atoms with Crippen molar-refractivity contribution in [2.24, 2.45) is 5.16 Å². The maximum Gasteiger partial charge on any atom is 0.0559 e. The van der Waals surface area contributed by atoms with Gasteiger partial charge in [-0.15, -0.1) is 0 Å². The van der Waals surface area contributed by atoms with Crippen molar-refractivity contribution in [2.45, 2.75) is 32.4 Å². The minimum absolute atomic E-state index is 0.255. The third-order valence-electron chi connectivity index (χ3n) is 4.44. The van der Waals surface area contributed by atoms with Crippen molar-refractivity contribution in [3.63, 3.8) is 0 Å². The summed E-state index contributed by atoms with van der Waals surface area (Å²) < 4.78 is 0. The van der Waals surface area contributed by atoms with E-state index in [1.54, 1.807) is 0 Å². The van der Waals surface area contributed by atoms with Crippen LogP contribution in [0.15, 0.2) is 59.8 Å². The molecule has 0 bridgehead atoms. The van der Waals surface area contributed by atoms with E-state index in [1.807, 2.05) is 13.0 Å². The van der Waals surface area contributed by atoms with E-state index in [-0.39, 0.29) is 6.04 Å². The largest absolute Gasteiger partial charge is 0.411 e. The van der Waals surface area contributed by atoms with Gasteiger partial charge in [-0.3, -0.25) is 4.90 Å². The van der Waals surface area contributed by atoms with Gasteiger partial charge < -0.3 is 5.21 Å². The molecule has 0 unspecified atom stereocenters. The zero-order valence-electron chi connectivity index (χ0n) is 12.9. The number of nitrogens with zero attached hydrogens (tertiary/aromatic N) is 2. The Morgan fingerprint density at radius 2 is 1.77 bits per heavy atom. The second kappa shape index (κ2) is 6.75. The lowest BCUT2D eigenvalue weighted by Crippen LogP contribution is -2.35. The Balaban J connectivity index is 1.87. The molecule has 22 heavy (non-hydrogen) atoms. The summed E-state index contributed by atoms with van der Waals surface area (Å²) in [7, 11) is 0. The van der Waals surface area contributed by atoms with Gasteiger partial charge in [-0.2, -0.15) is 0 Å². The molecule has 1 N–H and O–H groups in total. The van der Waals surface area contributed by atoms with Gasteiger partial charge in [-0.05, 0) is 30.0 Å². The predicted molar refractivity (Wildman–Crippen MR) is 89.3 cm³/mol. The Morgan fingerprint density at radius 3 is 2.50 bits per heavy atom. The van der Waals surface area contributed by atoms with Crippen molar-refractivity contribution in [3.8, 4) is 0 Å². The molecule has 3 rings (SSSR count). The maximum atomic E-state index is 9.06. The van der Waals surface area contributed by atoms with E-state index in [4.69, 9.17) is 5.21 Å². The Morgan fingerprint density at radius 1 is 1.09 bits per heavy atom. The highest BCUT2D eigenvalue weighted by Crippen LogP contribution is 2.30. The van der Waals surface area contributed by atoms with Crippen LogP contribution in [0.1, 0.15) is 36.1 Å². The molecule has 1 atom stereocenters. The molecule has 2 aromatic carbocycles. The van der Waals surface area contributed by atoms with Crippen LogP contribution in [0.2, 0.25) is 0 Å². The van der Waals surface area contributed by atoms with Crippen LogP contribution in [-0.2, 0) is 13.0 Å². The third kappa shape index (κ3) is 3.20. The van der Waals surface area contributed by atoms with Crippen molar-refractivity contribution < 1.29 is 5.21 Å². The summed E-state index contributed by atoms with van der Waals surface area (Å²) in [6.45, 7) is 3.87. The zero-order valence-corrected chi connectivity index (χ0v) is 12.9. The highest BCUT2D eigenvalue weighted by atomic mass is 16.4. The second-order valence-electron chi connectivity index (χ2n) is 5.96. The summed E-state index contributed by atoms with van der Waals surface area (Å²) in [6, 6.07) is 19.4. The normalized spacial score (nSPS) is 17.0. The van der Waals surface area contributed by atoms with Gasteiger partial charge in [0.2, 0.25) is 0 Å². The molecule has 0 radical (unpaired) electrons. The van der Waals surface area contributed by atoms with Crippen LogP contribution >= 0.6 is 0 Å². The smallest absolute Gasteiger partial charge is 0.0559 e. The summed E-state index contributed by atoms with van der Waals surface area (Å²) in [5.41, 5.74) is 4.92. The molecule has 0 saturated heterocycles. The molecule has 0 amide bonds. The van der Waals surface area contributed by atoms with E-state index in [2.05, 4.69) is 58.6 Å². The minimum Gasteiger partial charge on any atom is -0.411 e. The van der Waals surface area contributed by atoms with Gasteiger partial charge in [0.1, 0.15) is 0 Å². The van der Waals surface area contributed by atoms with Crippen molar-refractivity contribution >= 4 is 5.71 Å². The highest BCUT2D eigenvalue weighted by molar-refractivity contribution is 5.82. The second-order valence-corrected chi connectivity index (χ2v) is 5.96. The molecule has 1 heterocycles. The van der Waals surface area contributed by atoms with Crippen LogP contribution in [0.3, 0.4) is 0 Å². The standard InChI is InChI=1S/C19H22N2O/c1-15(20-22)13-19(17-8-3-2-4-9-17)21-12-11-16-7-5-6-10-18(16)14-21/h2-10,19,22H,11-14H2,1H3/b20-15+/t19-/m1/s1. The lowest BCUT2D eigenvalue weighted by Gasteiger charge is -2.36. The number of benzene rings is 2. The van der Waals surface area contributed by atoms with E-state index < -0.39 is 0 Å². The Labute approximate surface area is 131 Å². The van der Waals surface area contributed by atoms with Crippen LogP contribution in [0.25, 0.3) is 0 Å². The van der Waals surface area contributed by atoms with Gasteiger partial charge in [0.25, 0.3) is 0 Å². The zero-order chi connectivity index (χ0) is 15.4. The van der Waals surface area contributed by atoms with Crippen LogP contribution in [0.4, 0.5) is 0 Å². The van der Waals surface area contributed by atoms with Crippen molar-refractivity contribution in [1.29, 1.82) is 0 Å². The van der Waals surface area contributed by atoms with Gasteiger partial charge in [0.15, 0.2) is 0 Å². The Bertz CT molecular complexity index is 651. The summed E-state index contributed by atoms with van der Waals surface area (Å²) >= 11 is 0. The van der Waals surface area contributed by atoms with E-state index in [1.165, 1.54) is 16.7 Å². The van der Waals surface area contributed by atoms with Crippen molar-refractivity contribution in [1.82, 2.24) is 4.90 Å². The third-order valence-corrected chi connectivity index (χ3v) is 4.44. The van der Waals surface area contributed by atoms with E-state index in [0.29, 0.717) is 0 Å². The average Bonchev–Trinajstić information content (AvgIpc) is 2.59. The van der Waals surface area contributed by atoms with Crippen LogP contribution in [0, 0.1) is 0 Å². The molecular weight excluding hydrogens is 272 g/mol. The fourth-order valence-electron chi connectivity index (χ4n) is 3.24. The van der Waals surface area contributed by atoms with Crippen LogP contribution in [0.5, 0.6) is 0 Å². The first-order chi connectivity index (χ1) is 10.8. The molecule has 2 aromatic rings.